The molecular weight excluding hydrogens is 302 g/mol. The highest BCUT2D eigenvalue weighted by Gasteiger charge is 2.21. The molecule has 0 radical (unpaired) electrons. The van der Waals surface area contributed by atoms with Gasteiger partial charge in [0.2, 0.25) is 0 Å². The minimum atomic E-state index is 0.00217. The van der Waals surface area contributed by atoms with Gasteiger partial charge in [-0.1, -0.05) is 0 Å². The number of carbonyl (C=O) groups excluding carboxylic acids is 1. The number of hydrogen-bond donors (Lipinski definition) is 4. The number of carbonyl (C=O) groups is 1. The number of amides is 1. The molecule has 126 valence electrons. The highest BCUT2D eigenvalue weighted by molar-refractivity contribution is 5.97. The van der Waals surface area contributed by atoms with Crippen LogP contribution in [0.1, 0.15) is 41.7 Å². The summed E-state index contributed by atoms with van der Waals surface area (Å²) in [5.41, 5.74) is 9.83. The molecular formula is C18H23N5O. The summed E-state index contributed by atoms with van der Waals surface area (Å²) < 4.78 is 0. The van der Waals surface area contributed by atoms with Gasteiger partial charge in [-0.2, -0.15) is 0 Å². The Morgan fingerprint density at radius 1 is 1.29 bits per heavy atom. The van der Waals surface area contributed by atoms with Gasteiger partial charge in [0.15, 0.2) is 0 Å². The van der Waals surface area contributed by atoms with Crippen LogP contribution in [0.2, 0.25) is 0 Å². The van der Waals surface area contributed by atoms with Crippen LogP contribution in [0.4, 0.5) is 5.82 Å². The van der Waals surface area contributed by atoms with E-state index in [2.05, 4.69) is 20.6 Å². The standard InChI is InChI=1S/C18H23N5O/c19-12-2-1-3-13(9-12)22-17-8-11(4-6-20-17)16-10-14-15(23-16)5-7-21-18(14)24/h4,6,8,10,12-13,23H,1-3,5,7,9,19H2,(H,20,22)(H,21,24)/t12-,13-/m0/s1. The Labute approximate surface area is 141 Å². The van der Waals surface area contributed by atoms with Gasteiger partial charge in [0.25, 0.3) is 5.91 Å². The Hall–Kier alpha value is -2.34. The van der Waals surface area contributed by atoms with Gasteiger partial charge in [-0.15, -0.1) is 0 Å². The first kappa shape index (κ1) is 15.2. The van der Waals surface area contributed by atoms with Gasteiger partial charge in [0.1, 0.15) is 5.82 Å². The Balaban J connectivity index is 1.55. The van der Waals surface area contributed by atoms with Gasteiger partial charge in [-0.25, -0.2) is 4.98 Å². The lowest BCUT2D eigenvalue weighted by molar-refractivity contribution is 0.0946. The highest BCUT2D eigenvalue weighted by Crippen LogP contribution is 2.26. The number of rotatable bonds is 3. The molecule has 1 aliphatic heterocycles. The van der Waals surface area contributed by atoms with E-state index in [0.717, 1.165) is 60.4 Å². The fourth-order valence-corrected chi connectivity index (χ4v) is 3.69. The summed E-state index contributed by atoms with van der Waals surface area (Å²) >= 11 is 0. The van der Waals surface area contributed by atoms with Gasteiger partial charge in [-0.3, -0.25) is 4.79 Å². The smallest absolute Gasteiger partial charge is 0.253 e. The monoisotopic (exact) mass is 325 g/mol. The molecule has 0 unspecified atom stereocenters. The van der Waals surface area contributed by atoms with Crippen LogP contribution in [0.5, 0.6) is 0 Å². The van der Waals surface area contributed by atoms with Crippen molar-refractivity contribution in [2.24, 2.45) is 5.73 Å². The van der Waals surface area contributed by atoms with Crippen LogP contribution in [0.3, 0.4) is 0 Å². The zero-order valence-electron chi connectivity index (χ0n) is 13.6. The Morgan fingerprint density at radius 3 is 3.04 bits per heavy atom. The van der Waals surface area contributed by atoms with E-state index in [4.69, 9.17) is 5.73 Å². The molecule has 2 aromatic heterocycles. The predicted octanol–water partition coefficient (Wildman–Crippen LogP) is 2.04. The van der Waals surface area contributed by atoms with Crippen molar-refractivity contribution in [3.8, 4) is 11.3 Å². The number of H-pyrrole nitrogens is 1. The van der Waals surface area contributed by atoms with Crippen LogP contribution >= 0.6 is 0 Å². The van der Waals surface area contributed by atoms with Crippen molar-refractivity contribution in [2.45, 2.75) is 44.2 Å². The molecule has 0 aromatic carbocycles. The number of nitrogens with two attached hydrogens (primary N) is 1. The lowest BCUT2D eigenvalue weighted by atomic mass is 9.91. The number of fused-ring (bicyclic) bond motifs is 1. The second-order valence-electron chi connectivity index (χ2n) is 6.78. The van der Waals surface area contributed by atoms with Crippen LogP contribution < -0.4 is 16.4 Å². The quantitative estimate of drug-likeness (QED) is 0.694. The number of hydrogen-bond acceptors (Lipinski definition) is 4. The van der Waals surface area contributed by atoms with Gasteiger partial charge >= 0.3 is 0 Å². The maximum absolute atomic E-state index is 11.9. The maximum Gasteiger partial charge on any atom is 0.253 e. The average molecular weight is 325 g/mol. The molecule has 24 heavy (non-hydrogen) atoms. The third-order valence-corrected chi connectivity index (χ3v) is 4.94. The summed E-state index contributed by atoms with van der Waals surface area (Å²) in [5.74, 6) is 0.867. The second-order valence-corrected chi connectivity index (χ2v) is 6.78. The zero-order chi connectivity index (χ0) is 16.5. The summed E-state index contributed by atoms with van der Waals surface area (Å²) in [6.07, 6.45) is 7.05. The third-order valence-electron chi connectivity index (χ3n) is 4.94. The first-order valence-corrected chi connectivity index (χ1v) is 8.67. The lowest BCUT2D eigenvalue weighted by Gasteiger charge is -2.27. The van der Waals surface area contributed by atoms with Crippen LogP contribution in [0.25, 0.3) is 11.3 Å². The van der Waals surface area contributed by atoms with Crippen molar-refractivity contribution in [1.29, 1.82) is 0 Å². The highest BCUT2D eigenvalue weighted by atomic mass is 16.1. The molecule has 6 nitrogen and oxygen atoms in total. The fourth-order valence-electron chi connectivity index (χ4n) is 3.69. The first-order chi connectivity index (χ1) is 11.7. The molecule has 6 heteroatoms. The van der Waals surface area contributed by atoms with Crippen molar-refractivity contribution >= 4 is 11.7 Å². The van der Waals surface area contributed by atoms with E-state index in [0.29, 0.717) is 12.6 Å². The van der Waals surface area contributed by atoms with Crippen molar-refractivity contribution in [2.75, 3.05) is 11.9 Å². The summed E-state index contributed by atoms with van der Waals surface area (Å²) in [6, 6.07) is 6.61. The maximum atomic E-state index is 11.9. The first-order valence-electron chi connectivity index (χ1n) is 8.67. The molecule has 1 fully saturated rings. The molecule has 1 saturated carbocycles. The third kappa shape index (κ3) is 3.01. The Kier molecular flexibility index (Phi) is 3.98. The van der Waals surface area contributed by atoms with Gasteiger partial charge < -0.3 is 21.4 Å². The van der Waals surface area contributed by atoms with E-state index < -0.39 is 0 Å². The molecule has 1 amide bonds. The largest absolute Gasteiger partial charge is 0.367 e. The SMILES string of the molecule is N[C@H]1CCC[C@H](Nc2cc(-c3cc4c([nH]3)CCNC4=O)ccn2)C1. The lowest BCUT2D eigenvalue weighted by Crippen LogP contribution is -2.35. The fraction of sp³-hybridized carbons (Fsp3) is 0.444. The minimum absolute atomic E-state index is 0.00217. The van der Waals surface area contributed by atoms with Gasteiger partial charge in [0, 0.05) is 48.2 Å². The van der Waals surface area contributed by atoms with Crippen molar-refractivity contribution in [3.63, 3.8) is 0 Å². The molecule has 0 bridgehead atoms. The number of anilines is 1. The zero-order valence-corrected chi connectivity index (χ0v) is 13.6. The van der Waals surface area contributed by atoms with E-state index in [1.165, 1.54) is 0 Å². The van der Waals surface area contributed by atoms with Crippen LogP contribution in [0, 0.1) is 0 Å². The van der Waals surface area contributed by atoms with Crippen LogP contribution in [0.15, 0.2) is 24.4 Å². The average Bonchev–Trinajstić information content (AvgIpc) is 3.01. The number of pyridine rings is 1. The van der Waals surface area contributed by atoms with Crippen molar-refractivity contribution in [1.82, 2.24) is 15.3 Å². The van der Waals surface area contributed by atoms with Crippen molar-refractivity contribution < 1.29 is 4.79 Å². The number of aromatic amines is 1. The van der Waals surface area contributed by atoms with Gasteiger partial charge in [0.05, 0.1) is 5.56 Å². The molecule has 0 saturated heterocycles. The minimum Gasteiger partial charge on any atom is -0.367 e. The normalized spacial score (nSPS) is 23.5. The van der Waals surface area contributed by atoms with E-state index in [-0.39, 0.29) is 11.9 Å². The molecule has 0 spiro atoms. The number of aromatic nitrogens is 2. The van der Waals surface area contributed by atoms with E-state index in [1.807, 2.05) is 18.2 Å². The Morgan fingerprint density at radius 2 is 2.21 bits per heavy atom. The summed E-state index contributed by atoms with van der Waals surface area (Å²) in [4.78, 5) is 19.7. The van der Waals surface area contributed by atoms with E-state index in [1.54, 1.807) is 6.20 Å². The summed E-state index contributed by atoms with van der Waals surface area (Å²) in [5, 5.41) is 6.38. The van der Waals surface area contributed by atoms with Crippen molar-refractivity contribution in [3.05, 3.63) is 35.7 Å². The molecule has 2 aromatic rings. The molecule has 4 rings (SSSR count). The summed E-state index contributed by atoms with van der Waals surface area (Å²) in [6.45, 7) is 0.691. The molecule has 2 aliphatic rings. The molecule has 5 N–H and O–H groups in total. The predicted molar refractivity (Wildman–Crippen MR) is 93.9 cm³/mol. The van der Waals surface area contributed by atoms with Gasteiger partial charge in [-0.05, 0) is 43.9 Å². The van der Waals surface area contributed by atoms with Crippen LogP contribution in [-0.2, 0) is 6.42 Å². The van der Waals surface area contributed by atoms with E-state index in [9.17, 15) is 4.79 Å². The second kappa shape index (κ2) is 6.28. The number of nitrogens with one attached hydrogen (secondary N) is 3. The number of nitrogens with zero attached hydrogens (tertiary/aromatic N) is 1. The van der Waals surface area contributed by atoms with Crippen LogP contribution in [-0.4, -0.2) is 34.5 Å². The topological polar surface area (TPSA) is 95.8 Å². The molecule has 3 heterocycles. The summed E-state index contributed by atoms with van der Waals surface area (Å²) in [7, 11) is 0. The van der Waals surface area contributed by atoms with E-state index >= 15 is 0 Å². The Bertz CT molecular complexity index is 754. The molecule has 1 aliphatic carbocycles. The molecule has 2 atom stereocenters.